The first-order chi connectivity index (χ1) is 8.41. The molecule has 18 heavy (non-hydrogen) atoms. The lowest BCUT2D eigenvalue weighted by Crippen LogP contribution is -2.41. The highest BCUT2D eigenvalue weighted by atomic mass is 19.1. The number of benzene rings is 1. The topological polar surface area (TPSA) is 20.3 Å². The molecule has 1 heterocycles. The van der Waals surface area contributed by atoms with E-state index in [1.165, 1.54) is 19.1 Å². The Bertz CT molecular complexity index is 461. The van der Waals surface area contributed by atoms with E-state index in [1.807, 2.05) is 0 Å². The van der Waals surface area contributed by atoms with Crippen molar-refractivity contribution in [2.24, 2.45) is 0 Å². The van der Waals surface area contributed by atoms with Crippen molar-refractivity contribution in [2.75, 3.05) is 18.0 Å². The number of nitrogens with zero attached hydrogens (tertiary/aromatic N) is 1. The first kappa shape index (κ1) is 13.0. The number of hydrogen-bond acceptors (Lipinski definition) is 2. The number of hydrogen-bond donors (Lipinski definition) is 0. The molecule has 1 aromatic rings. The molecule has 0 aliphatic carbocycles. The maximum atomic E-state index is 13.9. The molecule has 0 aromatic heterocycles. The van der Waals surface area contributed by atoms with Crippen LogP contribution < -0.4 is 4.90 Å². The second-order valence-corrected chi connectivity index (χ2v) is 5.09. The highest BCUT2D eigenvalue weighted by Crippen LogP contribution is 2.32. The Labute approximate surface area is 106 Å². The van der Waals surface area contributed by atoms with Crippen molar-refractivity contribution in [3.63, 3.8) is 0 Å². The third kappa shape index (κ3) is 2.52. The fraction of sp³-hybridized carbons (Fsp3) is 0.500. The predicted molar refractivity (Wildman–Crippen MR) is 67.4 cm³/mol. The molecule has 1 saturated heterocycles. The second-order valence-electron chi connectivity index (χ2n) is 5.09. The predicted octanol–water partition coefficient (Wildman–Crippen LogP) is 3.36. The lowest BCUT2D eigenvalue weighted by atomic mass is 9.94. The average molecular weight is 253 g/mol. The summed E-state index contributed by atoms with van der Waals surface area (Å²) in [6, 6.07) is 4.48. The fourth-order valence-corrected chi connectivity index (χ4v) is 2.32. The monoisotopic (exact) mass is 253 g/mol. The molecule has 0 amide bonds. The number of rotatable bonds is 2. The molecule has 0 bridgehead atoms. The summed E-state index contributed by atoms with van der Waals surface area (Å²) in [4.78, 5) is 13.3. The standard InChI is InChI=1S/C14H17F2NO/c1-10(18)11-4-3-5-12(15)13(11)17-8-6-14(2,16)7-9-17/h3-5H,6-9H2,1-2H3. The van der Waals surface area contributed by atoms with Gasteiger partial charge in [0.2, 0.25) is 0 Å². The molecule has 2 nitrogen and oxygen atoms in total. The summed E-state index contributed by atoms with van der Waals surface area (Å²) >= 11 is 0. The Morgan fingerprint density at radius 3 is 2.50 bits per heavy atom. The maximum absolute atomic E-state index is 13.9. The van der Waals surface area contributed by atoms with Crippen LogP contribution in [0, 0.1) is 5.82 Å². The zero-order chi connectivity index (χ0) is 13.3. The van der Waals surface area contributed by atoms with Gasteiger partial charge in [-0.3, -0.25) is 4.79 Å². The van der Waals surface area contributed by atoms with Crippen molar-refractivity contribution in [1.29, 1.82) is 0 Å². The van der Waals surface area contributed by atoms with Crippen molar-refractivity contribution in [1.82, 2.24) is 0 Å². The van der Waals surface area contributed by atoms with E-state index >= 15 is 0 Å². The summed E-state index contributed by atoms with van der Waals surface area (Å²) in [7, 11) is 0. The van der Waals surface area contributed by atoms with Gasteiger partial charge in [0, 0.05) is 18.7 Å². The minimum Gasteiger partial charge on any atom is -0.368 e. The van der Waals surface area contributed by atoms with E-state index in [4.69, 9.17) is 0 Å². The second kappa shape index (κ2) is 4.67. The van der Waals surface area contributed by atoms with E-state index < -0.39 is 11.5 Å². The quantitative estimate of drug-likeness (QED) is 0.753. The van der Waals surface area contributed by atoms with E-state index in [1.54, 1.807) is 17.9 Å². The van der Waals surface area contributed by atoms with Gasteiger partial charge in [-0.2, -0.15) is 0 Å². The van der Waals surface area contributed by atoms with E-state index in [0.717, 1.165) is 0 Å². The lowest BCUT2D eigenvalue weighted by Gasteiger charge is -2.36. The number of ketones is 1. The third-order valence-electron chi connectivity index (χ3n) is 3.49. The Morgan fingerprint density at radius 1 is 1.33 bits per heavy atom. The molecule has 1 aromatic carbocycles. The molecule has 1 aliphatic rings. The number of Topliss-reactive ketones (excluding diaryl/α,β-unsaturated/α-hetero) is 1. The van der Waals surface area contributed by atoms with E-state index in [0.29, 0.717) is 37.2 Å². The van der Waals surface area contributed by atoms with Gasteiger partial charge in [-0.25, -0.2) is 8.78 Å². The molecule has 0 spiro atoms. The lowest BCUT2D eigenvalue weighted by molar-refractivity contribution is 0.101. The Morgan fingerprint density at radius 2 is 1.94 bits per heavy atom. The van der Waals surface area contributed by atoms with E-state index in [9.17, 15) is 13.6 Å². The Kier molecular flexibility index (Phi) is 3.37. The van der Waals surface area contributed by atoms with E-state index in [2.05, 4.69) is 0 Å². The molecule has 98 valence electrons. The maximum Gasteiger partial charge on any atom is 0.161 e. The fourth-order valence-electron chi connectivity index (χ4n) is 2.32. The van der Waals surface area contributed by atoms with Crippen molar-refractivity contribution in [2.45, 2.75) is 32.4 Å². The summed E-state index contributed by atoms with van der Waals surface area (Å²) in [6.07, 6.45) is 0.720. The third-order valence-corrected chi connectivity index (χ3v) is 3.49. The summed E-state index contributed by atoms with van der Waals surface area (Å²) in [5.41, 5.74) is -0.490. The SMILES string of the molecule is CC(=O)c1cccc(F)c1N1CCC(C)(F)CC1. The number of piperidine rings is 1. The number of carbonyl (C=O) groups is 1. The van der Waals surface area contributed by atoms with Gasteiger partial charge in [0.1, 0.15) is 11.5 Å². The average Bonchev–Trinajstić information content (AvgIpc) is 2.29. The van der Waals surface area contributed by atoms with Gasteiger partial charge in [-0.05, 0) is 38.8 Å². The van der Waals surface area contributed by atoms with Crippen LogP contribution in [0.25, 0.3) is 0 Å². The largest absolute Gasteiger partial charge is 0.368 e. The Balaban J connectivity index is 2.31. The molecule has 0 N–H and O–H groups in total. The van der Waals surface area contributed by atoms with Crippen LogP contribution in [-0.4, -0.2) is 24.5 Å². The highest BCUT2D eigenvalue weighted by Gasteiger charge is 2.31. The molecule has 0 atom stereocenters. The Hall–Kier alpha value is -1.45. The van der Waals surface area contributed by atoms with Crippen molar-refractivity contribution in [3.8, 4) is 0 Å². The van der Waals surface area contributed by atoms with Crippen LogP contribution in [0.2, 0.25) is 0 Å². The molecule has 0 radical (unpaired) electrons. The zero-order valence-corrected chi connectivity index (χ0v) is 10.7. The summed E-state index contributed by atoms with van der Waals surface area (Å²) < 4.78 is 27.6. The van der Waals surface area contributed by atoms with Gasteiger partial charge in [0.25, 0.3) is 0 Å². The molecular formula is C14H17F2NO. The number of alkyl halides is 1. The summed E-state index contributed by atoms with van der Waals surface area (Å²) in [6.45, 7) is 3.86. The number of para-hydroxylation sites is 1. The van der Waals surface area contributed by atoms with Gasteiger partial charge >= 0.3 is 0 Å². The van der Waals surface area contributed by atoms with Gasteiger partial charge < -0.3 is 4.90 Å². The summed E-state index contributed by atoms with van der Waals surface area (Å²) in [5.74, 6) is -0.580. The zero-order valence-electron chi connectivity index (χ0n) is 10.7. The van der Waals surface area contributed by atoms with Crippen molar-refractivity contribution < 1.29 is 13.6 Å². The van der Waals surface area contributed by atoms with Crippen LogP contribution >= 0.6 is 0 Å². The van der Waals surface area contributed by atoms with E-state index in [-0.39, 0.29) is 5.78 Å². The van der Waals surface area contributed by atoms with Crippen LogP contribution in [-0.2, 0) is 0 Å². The molecular weight excluding hydrogens is 236 g/mol. The van der Waals surface area contributed by atoms with Crippen LogP contribution in [0.5, 0.6) is 0 Å². The minimum absolute atomic E-state index is 0.168. The highest BCUT2D eigenvalue weighted by molar-refractivity contribution is 5.99. The van der Waals surface area contributed by atoms with Crippen LogP contribution in [0.4, 0.5) is 14.5 Å². The smallest absolute Gasteiger partial charge is 0.161 e. The molecule has 0 unspecified atom stereocenters. The van der Waals surface area contributed by atoms with Gasteiger partial charge in [0.15, 0.2) is 5.78 Å². The van der Waals surface area contributed by atoms with Crippen LogP contribution in [0.3, 0.4) is 0 Å². The van der Waals surface area contributed by atoms with Gasteiger partial charge in [-0.15, -0.1) is 0 Å². The number of carbonyl (C=O) groups excluding carboxylic acids is 1. The number of anilines is 1. The first-order valence-corrected chi connectivity index (χ1v) is 6.14. The van der Waals surface area contributed by atoms with Gasteiger partial charge in [0.05, 0.1) is 5.69 Å². The molecule has 0 saturated carbocycles. The van der Waals surface area contributed by atoms with Gasteiger partial charge in [-0.1, -0.05) is 6.07 Å². The number of halogens is 2. The first-order valence-electron chi connectivity index (χ1n) is 6.14. The normalized spacial score (nSPS) is 18.8. The molecule has 4 heteroatoms. The van der Waals surface area contributed by atoms with Crippen molar-refractivity contribution in [3.05, 3.63) is 29.6 Å². The van der Waals surface area contributed by atoms with Crippen LogP contribution in [0.1, 0.15) is 37.0 Å². The summed E-state index contributed by atoms with van der Waals surface area (Å²) in [5, 5.41) is 0. The molecule has 2 rings (SSSR count). The van der Waals surface area contributed by atoms with Crippen LogP contribution in [0.15, 0.2) is 18.2 Å². The minimum atomic E-state index is -1.18. The van der Waals surface area contributed by atoms with Crippen molar-refractivity contribution >= 4 is 11.5 Å². The molecule has 1 fully saturated rings. The molecule has 1 aliphatic heterocycles.